The van der Waals surface area contributed by atoms with E-state index >= 15 is 0 Å². The SMILES string of the molecule is O=C(CCNC(=O)c1cc2n(n1)CCCN(Cc1ccc(F)cc1)C2=O)NCc1ccco1. The first-order valence-electron chi connectivity index (χ1n) is 10.7. The first-order chi connectivity index (χ1) is 16.0. The van der Waals surface area contributed by atoms with Gasteiger partial charge in [-0.1, -0.05) is 12.1 Å². The molecule has 0 aliphatic carbocycles. The Morgan fingerprint density at radius 1 is 1.12 bits per heavy atom. The van der Waals surface area contributed by atoms with Crippen molar-refractivity contribution in [3.05, 3.63) is 77.3 Å². The summed E-state index contributed by atoms with van der Waals surface area (Å²) in [6.07, 6.45) is 2.31. The number of fused-ring (bicyclic) bond motifs is 1. The molecule has 172 valence electrons. The van der Waals surface area contributed by atoms with E-state index in [4.69, 9.17) is 4.42 Å². The number of aryl methyl sites for hydroxylation is 1. The van der Waals surface area contributed by atoms with E-state index in [0.717, 1.165) is 5.56 Å². The molecule has 9 nitrogen and oxygen atoms in total. The van der Waals surface area contributed by atoms with Gasteiger partial charge in [-0.25, -0.2) is 4.39 Å². The quantitative estimate of drug-likeness (QED) is 0.543. The van der Waals surface area contributed by atoms with Gasteiger partial charge in [-0.3, -0.25) is 19.1 Å². The highest BCUT2D eigenvalue weighted by Gasteiger charge is 2.26. The van der Waals surface area contributed by atoms with Gasteiger partial charge in [0.25, 0.3) is 11.8 Å². The summed E-state index contributed by atoms with van der Waals surface area (Å²) in [6.45, 7) is 1.80. The minimum Gasteiger partial charge on any atom is -0.467 e. The molecule has 0 atom stereocenters. The van der Waals surface area contributed by atoms with Crippen molar-refractivity contribution in [1.29, 1.82) is 0 Å². The Morgan fingerprint density at radius 3 is 2.70 bits per heavy atom. The zero-order valence-corrected chi connectivity index (χ0v) is 17.9. The Labute approximate surface area is 189 Å². The minimum absolute atomic E-state index is 0.102. The highest BCUT2D eigenvalue weighted by Crippen LogP contribution is 2.17. The second kappa shape index (κ2) is 10.1. The summed E-state index contributed by atoms with van der Waals surface area (Å²) in [5.74, 6) is -0.596. The standard InChI is InChI=1S/C23H24FN5O4/c24-17-6-4-16(5-7-17)15-28-10-2-11-29-20(23(28)32)13-19(27-29)22(31)25-9-8-21(30)26-14-18-3-1-12-33-18/h1,3-7,12-13H,2,8-11,14-15H2,(H,25,31)(H,26,30). The van der Waals surface area contributed by atoms with Crippen molar-refractivity contribution in [2.45, 2.75) is 32.5 Å². The third-order valence-corrected chi connectivity index (χ3v) is 5.28. The van der Waals surface area contributed by atoms with Crippen LogP contribution in [-0.2, 0) is 24.4 Å². The number of furan rings is 1. The van der Waals surface area contributed by atoms with Crippen LogP contribution in [0.2, 0.25) is 0 Å². The molecule has 4 rings (SSSR count). The maximum Gasteiger partial charge on any atom is 0.272 e. The lowest BCUT2D eigenvalue weighted by molar-refractivity contribution is -0.121. The topological polar surface area (TPSA) is 109 Å². The van der Waals surface area contributed by atoms with Crippen LogP contribution in [0.4, 0.5) is 4.39 Å². The van der Waals surface area contributed by atoms with E-state index in [1.54, 1.807) is 29.2 Å². The summed E-state index contributed by atoms with van der Waals surface area (Å²) >= 11 is 0. The average Bonchev–Trinajstić information content (AvgIpc) is 3.45. The van der Waals surface area contributed by atoms with Crippen LogP contribution in [0.25, 0.3) is 0 Å². The molecule has 2 aromatic heterocycles. The van der Waals surface area contributed by atoms with Crippen LogP contribution in [0.15, 0.2) is 53.1 Å². The van der Waals surface area contributed by atoms with E-state index in [1.165, 1.54) is 29.1 Å². The second-order valence-electron chi connectivity index (χ2n) is 7.71. The van der Waals surface area contributed by atoms with E-state index in [0.29, 0.717) is 37.5 Å². The van der Waals surface area contributed by atoms with Gasteiger partial charge in [-0.15, -0.1) is 0 Å². The highest BCUT2D eigenvalue weighted by atomic mass is 19.1. The van der Waals surface area contributed by atoms with Crippen LogP contribution >= 0.6 is 0 Å². The molecule has 2 N–H and O–H groups in total. The Kier molecular flexibility index (Phi) is 6.82. The summed E-state index contributed by atoms with van der Waals surface area (Å²) in [4.78, 5) is 39.1. The van der Waals surface area contributed by atoms with E-state index in [9.17, 15) is 18.8 Å². The van der Waals surface area contributed by atoms with Crippen LogP contribution in [-0.4, -0.2) is 45.5 Å². The molecule has 0 radical (unpaired) electrons. The first-order valence-corrected chi connectivity index (χ1v) is 10.7. The molecule has 3 aromatic rings. The number of halogens is 1. The van der Waals surface area contributed by atoms with Gasteiger partial charge in [0, 0.05) is 38.7 Å². The Bertz CT molecular complexity index is 1120. The van der Waals surface area contributed by atoms with Crippen LogP contribution in [0, 0.1) is 5.82 Å². The van der Waals surface area contributed by atoms with E-state index in [1.807, 2.05) is 0 Å². The summed E-state index contributed by atoms with van der Waals surface area (Å²) in [7, 11) is 0. The number of hydrogen-bond donors (Lipinski definition) is 2. The Morgan fingerprint density at radius 2 is 1.94 bits per heavy atom. The fourth-order valence-electron chi connectivity index (χ4n) is 3.57. The van der Waals surface area contributed by atoms with Gasteiger partial charge >= 0.3 is 0 Å². The van der Waals surface area contributed by atoms with Gasteiger partial charge in [0.1, 0.15) is 17.3 Å². The third-order valence-electron chi connectivity index (χ3n) is 5.28. The number of carbonyl (C=O) groups is 3. The van der Waals surface area contributed by atoms with Crippen molar-refractivity contribution in [3.8, 4) is 0 Å². The number of aromatic nitrogens is 2. The largest absolute Gasteiger partial charge is 0.467 e. The van der Waals surface area contributed by atoms with Crippen molar-refractivity contribution < 1.29 is 23.2 Å². The smallest absolute Gasteiger partial charge is 0.272 e. The minimum atomic E-state index is -0.452. The van der Waals surface area contributed by atoms with Crippen molar-refractivity contribution in [3.63, 3.8) is 0 Å². The lowest BCUT2D eigenvalue weighted by Gasteiger charge is -2.20. The summed E-state index contributed by atoms with van der Waals surface area (Å²) in [6, 6.07) is 11.0. The summed E-state index contributed by atoms with van der Waals surface area (Å²) in [5, 5.41) is 9.64. The first kappa shape index (κ1) is 22.3. The third kappa shape index (κ3) is 5.65. The molecule has 0 unspecified atom stereocenters. The fraction of sp³-hybridized carbons (Fsp3) is 0.304. The molecule has 0 spiro atoms. The normalized spacial score (nSPS) is 13.4. The van der Waals surface area contributed by atoms with Gasteiger partial charge in [0.2, 0.25) is 5.91 Å². The lowest BCUT2D eigenvalue weighted by atomic mass is 10.2. The predicted molar refractivity (Wildman–Crippen MR) is 115 cm³/mol. The number of nitrogens with zero attached hydrogens (tertiary/aromatic N) is 3. The summed E-state index contributed by atoms with van der Waals surface area (Å²) in [5.41, 5.74) is 1.27. The molecule has 1 aliphatic rings. The molecule has 0 bridgehead atoms. The van der Waals surface area contributed by atoms with Crippen molar-refractivity contribution in [2.75, 3.05) is 13.1 Å². The van der Waals surface area contributed by atoms with Gasteiger partial charge in [-0.05, 0) is 36.2 Å². The van der Waals surface area contributed by atoms with Crippen molar-refractivity contribution >= 4 is 17.7 Å². The van der Waals surface area contributed by atoms with Crippen molar-refractivity contribution in [1.82, 2.24) is 25.3 Å². The fourth-order valence-corrected chi connectivity index (χ4v) is 3.57. The molecule has 1 aromatic carbocycles. The zero-order valence-electron chi connectivity index (χ0n) is 17.9. The highest BCUT2D eigenvalue weighted by molar-refractivity contribution is 5.98. The van der Waals surface area contributed by atoms with Gasteiger partial charge < -0.3 is 20.0 Å². The van der Waals surface area contributed by atoms with Crippen LogP contribution in [0.1, 0.15) is 45.1 Å². The van der Waals surface area contributed by atoms with Crippen LogP contribution < -0.4 is 10.6 Å². The number of carbonyl (C=O) groups excluding carboxylic acids is 3. The van der Waals surface area contributed by atoms with Crippen LogP contribution in [0.5, 0.6) is 0 Å². The molecule has 0 saturated heterocycles. The molecule has 33 heavy (non-hydrogen) atoms. The number of benzene rings is 1. The molecular weight excluding hydrogens is 429 g/mol. The number of nitrogens with one attached hydrogen (secondary N) is 2. The zero-order chi connectivity index (χ0) is 23.2. The van der Waals surface area contributed by atoms with Crippen LogP contribution in [0.3, 0.4) is 0 Å². The maximum atomic E-state index is 13.2. The Hall–Kier alpha value is -3.95. The predicted octanol–water partition coefficient (Wildman–Crippen LogP) is 2.10. The molecular formula is C23H24FN5O4. The molecule has 1 aliphatic heterocycles. The van der Waals surface area contributed by atoms with Gasteiger partial charge in [0.05, 0.1) is 12.8 Å². The average molecular weight is 453 g/mol. The van der Waals surface area contributed by atoms with E-state index in [-0.39, 0.29) is 42.8 Å². The van der Waals surface area contributed by atoms with E-state index in [2.05, 4.69) is 15.7 Å². The monoisotopic (exact) mass is 453 g/mol. The second-order valence-corrected chi connectivity index (χ2v) is 7.71. The summed E-state index contributed by atoms with van der Waals surface area (Å²) < 4.78 is 19.8. The van der Waals surface area contributed by atoms with Crippen molar-refractivity contribution in [2.24, 2.45) is 0 Å². The molecule has 0 fully saturated rings. The molecule has 3 amide bonds. The van der Waals surface area contributed by atoms with Gasteiger partial charge in [-0.2, -0.15) is 5.10 Å². The Balaban J connectivity index is 1.31. The number of amides is 3. The number of hydrogen-bond acceptors (Lipinski definition) is 5. The maximum absolute atomic E-state index is 13.2. The lowest BCUT2D eigenvalue weighted by Crippen LogP contribution is -2.31. The number of rotatable bonds is 8. The van der Waals surface area contributed by atoms with Gasteiger partial charge in [0.15, 0.2) is 5.69 Å². The molecule has 3 heterocycles. The molecule has 10 heteroatoms. The van der Waals surface area contributed by atoms with E-state index < -0.39 is 5.91 Å². The molecule has 0 saturated carbocycles.